The van der Waals surface area contributed by atoms with Crippen molar-refractivity contribution in [1.82, 2.24) is 25.8 Å². The van der Waals surface area contributed by atoms with Crippen molar-refractivity contribution in [3.8, 4) is 0 Å². The molecule has 1 fully saturated rings. The van der Waals surface area contributed by atoms with Gasteiger partial charge in [-0.1, -0.05) is 17.8 Å². The van der Waals surface area contributed by atoms with Gasteiger partial charge in [-0.25, -0.2) is 9.78 Å². The van der Waals surface area contributed by atoms with Crippen LogP contribution >= 0.6 is 23.1 Å². The molecule has 3 amide bonds. The van der Waals surface area contributed by atoms with Gasteiger partial charge in [-0.05, 0) is 43.4 Å². The van der Waals surface area contributed by atoms with E-state index in [0.29, 0.717) is 11.0 Å². The summed E-state index contributed by atoms with van der Waals surface area (Å²) in [4.78, 5) is 29.0. The summed E-state index contributed by atoms with van der Waals surface area (Å²) in [6.45, 7) is 1.71. The van der Waals surface area contributed by atoms with Gasteiger partial charge in [0.15, 0.2) is 0 Å². The Labute approximate surface area is 147 Å². The number of thiophene rings is 1. The second-order valence-electron chi connectivity index (χ2n) is 5.35. The molecule has 0 aliphatic heterocycles. The number of H-pyrrole nitrogens is 1. The Kier molecular flexibility index (Phi) is 5.31. The predicted octanol–water partition coefficient (Wildman–Crippen LogP) is 2.51. The summed E-state index contributed by atoms with van der Waals surface area (Å²) in [6, 6.07) is 3.76. The minimum atomic E-state index is -0.472. The molecule has 0 radical (unpaired) electrons. The number of imide groups is 1. The lowest BCUT2D eigenvalue weighted by molar-refractivity contribution is -0.119. The van der Waals surface area contributed by atoms with Gasteiger partial charge in [0, 0.05) is 10.9 Å². The molecular formula is C15H17N5O2S2. The average Bonchev–Trinajstić information content (AvgIpc) is 3.02. The number of carbonyl (C=O) groups excluding carboxylic acids is 2. The van der Waals surface area contributed by atoms with Crippen molar-refractivity contribution in [2.45, 2.75) is 36.2 Å². The van der Waals surface area contributed by atoms with Crippen molar-refractivity contribution in [3.05, 3.63) is 28.2 Å². The van der Waals surface area contributed by atoms with Gasteiger partial charge in [0.2, 0.25) is 11.1 Å². The zero-order valence-electron chi connectivity index (χ0n) is 13.0. The fourth-order valence-corrected chi connectivity index (χ4v) is 3.16. The van der Waals surface area contributed by atoms with E-state index in [-0.39, 0.29) is 11.9 Å². The maximum Gasteiger partial charge on any atom is 0.321 e. The number of carbonyl (C=O) groups is 2. The molecule has 2 aromatic heterocycles. The molecule has 0 spiro atoms. The van der Waals surface area contributed by atoms with Crippen LogP contribution in [0.25, 0.3) is 12.2 Å². The third kappa shape index (κ3) is 4.93. The first kappa shape index (κ1) is 16.7. The van der Waals surface area contributed by atoms with Crippen molar-refractivity contribution in [1.29, 1.82) is 0 Å². The van der Waals surface area contributed by atoms with Gasteiger partial charge in [0.05, 0.1) is 5.25 Å². The van der Waals surface area contributed by atoms with Crippen molar-refractivity contribution in [2.75, 3.05) is 0 Å². The van der Waals surface area contributed by atoms with Crippen LogP contribution < -0.4 is 10.6 Å². The van der Waals surface area contributed by atoms with Gasteiger partial charge < -0.3 is 5.32 Å². The molecule has 3 N–H and O–H groups in total. The fraction of sp³-hybridized carbons (Fsp3) is 0.333. The van der Waals surface area contributed by atoms with Gasteiger partial charge >= 0.3 is 6.03 Å². The van der Waals surface area contributed by atoms with Crippen LogP contribution in [0.15, 0.2) is 22.7 Å². The van der Waals surface area contributed by atoms with Crippen LogP contribution in [0.4, 0.5) is 4.79 Å². The number of rotatable bonds is 6. The predicted molar refractivity (Wildman–Crippen MR) is 94.6 cm³/mol. The summed E-state index contributed by atoms with van der Waals surface area (Å²) >= 11 is 2.83. The Morgan fingerprint density at radius 3 is 3.00 bits per heavy atom. The second-order valence-corrected chi connectivity index (χ2v) is 7.64. The molecule has 7 nitrogen and oxygen atoms in total. The summed E-state index contributed by atoms with van der Waals surface area (Å²) in [6.07, 6.45) is 5.73. The number of aromatic nitrogens is 3. The van der Waals surface area contributed by atoms with Crippen LogP contribution in [-0.4, -0.2) is 38.4 Å². The van der Waals surface area contributed by atoms with E-state index in [1.165, 1.54) is 11.8 Å². The molecule has 9 heteroatoms. The molecule has 1 saturated carbocycles. The Morgan fingerprint density at radius 2 is 2.29 bits per heavy atom. The molecule has 1 unspecified atom stereocenters. The highest BCUT2D eigenvalue weighted by Crippen LogP contribution is 2.20. The quantitative estimate of drug-likeness (QED) is 0.685. The van der Waals surface area contributed by atoms with E-state index in [9.17, 15) is 9.59 Å². The lowest BCUT2D eigenvalue weighted by Gasteiger charge is -2.09. The monoisotopic (exact) mass is 363 g/mol. The molecular weight excluding hydrogens is 346 g/mol. The van der Waals surface area contributed by atoms with Gasteiger partial charge in [-0.15, -0.1) is 16.4 Å². The molecule has 1 aliphatic rings. The van der Waals surface area contributed by atoms with Crippen molar-refractivity contribution >= 4 is 47.2 Å². The normalized spacial score (nSPS) is 15.4. The highest BCUT2D eigenvalue weighted by atomic mass is 32.2. The number of urea groups is 1. The first-order valence-corrected chi connectivity index (χ1v) is 9.28. The topological polar surface area (TPSA) is 99.8 Å². The smallest absolute Gasteiger partial charge is 0.321 e. The van der Waals surface area contributed by atoms with Gasteiger partial charge in [-0.2, -0.15) is 0 Å². The maximum atomic E-state index is 12.0. The number of thioether (sulfide) groups is 1. The Balaban J connectivity index is 1.49. The highest BCUT2D eigenvalue weighted by Gasteiger charge is 2.25. The van der Waals surface area contributed by atoms with Crippen LogP contribution in [-0.2, 0) is 4.79 Å². The Morgan fingerprint density at radius 1 is 1.46 bits per heavy atom. The van der Waals surface area contributed by atoms with Crippen LogP contribution in [0, 0.1) is 0 Å². The first-order chi connectivity index (χ1) is 11.6. The molecule has 24 heavy (non-hydrogen) atoms. The minimum Gasteiger partial charge on any atom is -0.335 e. The standard InChI is InChI=1S/C15H17N5O2S2/c1-9(13(21)18-14(22)16-10-4-5-10)24-15-17-12(19-20-15)7-6-11-3-2-8-23-11/h2-3,6-10H,4-5H2,1H3,(H,17,19,20)(H2,16,18,21,22). The lowest BCUT2D eigenvalue weighted by atomic mass is 10.4. The molecule has 0 saturated heterocycles. The number of amides is 3. The summed E-state index contributed by atoms with van der Waals surface area (Å²) in [5.41, 5.74) is 0. The third-order valence-electron chi connectivity index (χ3n) is 3.23. The second kappa shape index (κ2) is 7.63. The Hall–Kier alpha value is -2.13. The third-order valence-corrected chi connectivity index (χ3v) is 5.03. The summed E-state index contributed by atoms with van der Waals surface area (Å²) in [5, 5.41) is 13.9. The van der Waals surface area contributed by atoms with E-state index in [4.69, 9.17) is 0 Å². The lowest BCUT2D eigenvalue weighted by Crippen LogP contribution is -2.43. The number of aromatic amines is 1. The summed E-state index contributed by atoms with van der Waals surface area (Å²) in [7, 11) is 0. The molecule has 2 aromatic rings. The molecule has 0 aromatic carbocycles. The largest absolute Gasteiger partial charge is 0.335 e. The van der Waals surface area contributed by atoms with E-state index < -0.39 is 11.3 Å². The van der Waals surface area contributed by atoms with Gasteiger partial charge in [0.1, 0.15) is 5.82 Å². The SMILES string of the molecule is CC(Sc1n[nH]c(C=Cc2cccs2)n1)C(=O)NC(=O)NC1CC1. The van der Waals surface area contributed by atoms with E-state index in [1.807, 2.05) is 29.7 Å². The number of hydrogen-bond acceptors (Lipinski definition) is 6. The van der Waals surface area contributed by atoms with E-state index >= 15 is 0 Å². The zero-order valence-corrected chi connectivity index (χ0v) is 14.6. The summed E-state index contributed by atoms with van der Waals surface area (Å²) in [5.74, 6) is 0.253. The molecule has 2 heterocycles. The Bertz CT molecular complexity index is 737. The number of nitrogens with zero attached hydrogens (tertiary/aromatic N) is 2. The molecule has 3 rings (SSSR count). The first-order valence-electron chi connectivity index (χ1n) is 7.52. The highest BCUT2D eigenvalue weighted by molar-refractivity contribution is 8.00. The maximum absolute atomic E-state index is 12.0. The summed E-state index contributed by atoms with van der Waals surface area (Å²) < 4.78 is 0. The van der Waals surface area contributed by atoms with E-state index in [2.05, 4.69) is 25.8 Å². The van der Waals surface area contributed by atoms with E-state index in [1.54, 1.807) is 18.3 Å². The van der Waals surface area contributed by atoms with Gasteiger partial charge in [0.25, 0.3) is 0 Å². The van der Waals surface area contributed by atoms with Crippen LogP contribution in [0.1, 0.15) is 30.5 Å². The van der Waals surface area contributed by atoms with Crippen LogP contribution in [0.3, 0.4) is 0 Å². The zero-order chi connectivity index (χ0) is 16.9. The van der Waals surface area contributed by atoms with Gasteiger partial charge in [-0.3, -0.25) is 15.2 Å². The number of nitrogens with one attached hydrogen (secondary N) is 3. The minimum absolute atomic E-state index is 0.214. The van der Waals surface area contributed by atoms with Crippen molar-refractivity contribution in [2.24, 2.45) is 0 Å². The molecule has 0 bridgehead atoms. The van der Waals surface area contributed by atoms with E-state index in [0.717, 1.165) is 17.7 Å². The fourth-order valence-electron chi connectivity index (χ4n) is 1.81. The average molecular weight is 363 g/mol. The van der Waals surface area contributed by atoms with Crippen molar-refractivity contribution < 1.29 is 9.59 Å². The van der Waals surface area contributed by atoms with Crippen LogP contribution in [0.5, 0.6) is 0 Å². The molecule has 1 atom stereocenters. The van der Waals surface area contributed by atoms with Crippen molar-refractivity contribution in [3.63, 3.8) is 0 Å². The number of hydrogen-bond donors (Lipinski definition) is 3. The van der Waals surface area contributed by atoms with Crippen LogP contribution in [0.2, 0.25) is 0 Å². The molecule has 1 aliphatic carbocycles. The molecule has 126 valence electrons.